The van der Waals surface area contributed by atoms with Crippen molar-refractivity contribution in [3.63, 3.8) is 0 Å². The van der Waals surface area contributed by atoms with Gasteiger partial charge in [-0.05, 0) is 19.2 Å². The van der Waals surface area contributed by atoms with Crippen LogP contribution in [0.5, 0.6) is 0 Å². The average Bonchev–Trinajstić information content (AvgIpc) is 2.02. The molecule has 42 valence electrons. The first-order valence-corrected chi connectivity index (χ1v) is 2.30. The number of hydroxylamine groups is 1. The third-order valence-electron chi connectivity index (χ3n) is 0.727. The van der Waals surface area contributed by atoms with Gasteiger partial charge in [-0.25, -0.2) is 5.47 Å². The molecule has 0 saturated carbocycles. The molecule has 0 unspecified atom stereocenters. The van der Waals surface area contributed by atoms with Gasteiger partial charge in [0.2, 0.25) is 0 Å². The Kier molecular flexibility index (Phi) is 0.730. The van der Waals surface area contributed by atoms with Crippen LogP contribution in [0.1, 0.15) is 24.7 Å². The first-order chi connectivity index (χ1) is 5.38. The van der Waals surface area contributed by atoms with Crippen molar-refractivity contribution in [2.75, 3.05) is 13.1 Å². The standard InChI is InChI=1S/C5H11NO/c1-2-4-6-7-5-3-1/h6H,1-5H2/i2D2,4D2/hD. The van der Waals surface area contributed by atoms with E-state index in [0.717, 1.165) is 0 Å². The highest BCUT2D eigenvalue weighted by Crippen LogP contribution is 1.96. The van der Waals surface area contributed by atoms with Crippen LogP contribution in [0.4, 0.5) is 0 Å². The summed E-state index contributed by atoms with van der Waals surface area (Å²) in [7, 11) is 0. The van der Waals surface area contributed by atoms with Crippen molar-refractivity contribution in [1.29, 1.82) is 0 Å². The van der Waals surface area contributed by atoms with E-state index in [4.69, 9.17) is 6.89 Å². The minimum atomic E-state index is -2.37. The lowest BCUT2D eigenvalue weighted by molar-refractivity contribution is 0.0525. The average molecular weight is 106 g/mol. The molecule has 1 aliphatic heterocycles. The fraction of sp³-hybridized carbons (Fsp3) is 1.00. The number of rotatable bonds is 0. The van der Waals surface area contributed by atoms with Gasteiger partial charge >= 0.3 is 0 Å². The summed E-state index contributed by atoms with van der Waals surface area (Å²) in [6.07, 6.45) is -1.51. The smallest absolute Gasteiger partial charge is 0.155 e. The maximum absolute atomic E-state index is 7.35. The van der Waals surface area contributed by atoms with Gasteiger partial charge in [-0.2, -0.15) is 0 Å². The van der Waals surface area contributed by atoms with Crippen molar-refractivity contribution in [1.82, 2.24) is 5.47 Å². The van der Waals surface area contributed by atoms with Crippen molar-refractivity contribution >= 4 is 0 Å². The van der Waals surface area contributed by atoms with Crippen molar-refractivity contribution in [2.24, 2.45) is 0 Å². The lowest BCUT2D eigenvalue weighted by atomic mass is 10.2. The molecule has 0 aliphatic carbocycles. The van der Waals surface area contributed by atoms with Gasteiger partial charge < -0.3 is 4.84 Å². The molecule has 0 spiro atoms. The minimum absolute atomic E-state index is 0.0787. The zero-order chi connectivity index (χ0) is 9.41. The van der Waals surface area contributed by atoms with E-state index in [1.54, 1.807) is 0 Å². The Hall–Kier alpha value is -0.0800. The summed E-state index contributed by atoms with van der Waals surface area (Å²) >= 11 is 0. The number of hydrogen-bond donors (Lipinski definition) is 1. The van der Waals surface area contributed by atoms with Gasteiger partial charge in [0.05, 0.1) is 6.61 Å². The largest absolute Gasteiger partial charge is 0.302 e. The van der Waals surface area contributed by atoms with E-state index in [1.165, 1.54) is 0 Å². The number of nitrogens with one attached hydrogen (secondary N) is 1. The Morgan fingerprint density at radius 2 is 2.71 bits per heavy atom. The monoisotopic (exact) mass is 106 g/mol. The molecule has 7 heavy (non-hydrogen) atoms. The van der Waals surface area contributed by atoms with Crippen LogP contribution >= 0.6 is 0 Å². The van der Waals surface area contributed by atoms with Crippen LogP contribution < -0.4 is 5.47 Å². The molecule has 0 aromatic carbocycles. The van der Waals surface area contributed by atoms with Crippen molar-refractivity contribution in [3.8, 4) is 0 Å². The van der Waals surface area contributed by atoms with Crippen LogP contribution in [0.25, 0.3) is 0 Å². The molecule has 2 nitrogen and oxygen atoms in total. The van der Waals surface area contributed by atoms with E-state index in [0.29, 0.717) is 6.42 Å². The predicted octanol–water partition coefficient (Wildman–Crippen LogP) is 0.692. The SMILES string of the molecule is [2H]N1OCCCC([2H])([2H])C1([2H])[2H]. The summed E-state index contributed by atoms with van der Waals surface area (Å²) in [4.78, 5) is 4.64. The van der Waals surface area contributed by atoms with E-state index in [-0.39, 0.29) is 18.5 Å². The molecular weight excluding hydrogens is 90.1 g/mol. The molecule has 0 amide bonds. The fourth-order valence-corrected chi connectivity index (χ4v) is 0.391. The Morgan fingerprint density at radius 3 is 3.71 bits per heavy atom. The highest BCUT2D eigenvalue weighted by Gasteiger charge is 1.94. The van der Waals surface area contributed by atoms with Crippen LogP contribution in [0.3, 0.4) is 0 Å². The quantitative estimate of drug-likeness (QED) is 0.490. The Balaban J connectivity index is 2.86. The zero-order valence-electron chi connectivity index (χ0n) is 8.98. The Morgan fingerprint density at radius 1 is 1.71 bits per heavy atom. The van der Waals surface area contributed by atoms with E-state index in [2.05, 4.69) is 4.84 Å². The van der Waals surface area contributed by atoms with Gasteiger partial charge in [-0.1, -0.05) is 0 Å². The maximum Gasteiger partial charge on any atom is 0.155 e. The molecule has 0 aromatic rings. The van der Waals surface area contributed by atoms with Crippen molar-refractivity contribution in [2.45, 2.75) is 19.2 Å². The highest BCUT2D eigenvalue weighted by molar-refractivity contribution is 4.44. The van der Waals surface area contributed by atoms with Crippen LogP contribution in [0.15, 0.2) is 0 Å². The molecule has 1 fully saturated rings. The Bertz CT molecular complexity index is 173. The van der Waals surface area contributed by atoms with Gasteiger partial charge in [0.15, 0.2) is 1.41 Å². The second-order valence-corrected chi connectivity index (χ2v) is 1.32. The molecule has 1 aliphatic rings. The lowest BCUT2D eigenvalue weighted by Crippen LogP contribution is -2.12. The first-order valence-electron chi connectivity index (χ1n) is 4.75. The lowest BCUT2D eigenvalue weighted by Gasteiger charge is -1.94. The van der Waals surface area contributed by atoms with Gasteiger partial charge in [0.25, 0.3) is 0 Å². The summed E-state index contributed by atoms with van der Waals surface area (Å²) in [5, 5.41) is 0. The van der Waals surface area contributed by atoms with Crippen LogP contribution in [0.2, 0.25) is 1.41 Å². The predicted molar refractivity (Wildman–Crippen MR) is 27.8 cm³/mol. The molecule has 0 radical (unpaired) electrons. The van der Waals surface area contributed by atoms with E-state index in [1.807, 2.05) is 0 Å². The van der Waals surface area contributed by atoms with Crippen LogP contribution in [0, 0.1) is 0 Å². The normalized spacial score (nSPS) is 51.7. The second kappa shape index (κ2) is 2.99. The highest BCUT2D eigenvalue weighted by atomic mass is 16.6. The molecule has 0 aromatic heterocycles. The molecular formula is C5H11NO. The van der Waals surface area contributed by atoms with Crippen molar-refractivity contribution < 1.29 is 11.7 Å². The first kappa shape index (κ1) is 1.71. The van der Waals surface area contributed by atoms with Crippen LogP contribution in [-0.2, 0) is 4.84 Å². The second-order valence-electron chi connectivity index (χ2n) is 1.32. The molecule has 2 heteroatoms. The summed E-state index contributed by atoms with van der Waals surface area (Å²) in [5.74, 6) is 0. The third-order valence-corrected chi connectivity index (χ3v) is 0.727. The van der Waals surface area contributed by atoms with Gasteiger partial charge in [-0.15, -0.1) is 0 Å². The molecule has 0 bridgehead atoms. The molecule has 0 atom stereocenters. The van der Waals surface area contributed by atoms with Gasteiger partial charge in [0, 0.05) is 12.0 Å². The minimum Gasteiger partial charge on any atom is -0.302 e. The number of hydrogen-bond acceptors (Lipinski definition) is 2. The van der Waals surface area contributed by atoms with Crippen LogP contribution in [-0.4, -0.2) is 13.1 Å². The zero-order valence-corrected chi connectivity index (χ0v) is 3.98. The summed E-state index contributed by atoms with van der Waals surface area (Å²) in [6.45, 7) is -2.17. The van der Waals surface area contributed by atoms with E-state index in [9.17, 15) is 0 Å². The summed E-state index contributed by atoms with van der Waals surface area (Å²) in [5.41, 5.74) is 0.222. The molecule has 1 rings (SSSR count). The van der Waals surface area contributed by atoms with E-state index < -0.39 is 12.9 Å². The Labute approximate surface area is 50.9 Å². The molecule has 1 heterocycles. The molecule has 1 N–H and O–H groups in total. The summed E-state index contributed by atoms with van der Waals surface area (Å²) < 4.78 is 36.3. The van der Waals surface area contributed by atoms with Gasteiger partial charge in [0.1, 0.15) is 0 Å². The third kappa shape index (κ3) is 1.90. The van der Waals surface area contributed by atoms with E-state index >= 15 is 0 Å². The summed E-state index contributed by atoms with van der Waals surface area (Å²) in [6, 6.07) is 0. The topological polar surface area (TPSA) is 21.3 Å². The fourth-order valence-electron chi connectivity index (χ4n) is 0.391. The van der Waals surface area contributed by atoms with Crippen molar-refractivity contribution in [3.05, 3.63) is 0 Å². The molecule has 1 saturated heterocycles. The van der Waals surface area contributed by atoms with Gasteiger partial charge in [-0.3, -0.25) is 0 Å². The maximum atomic E-state index is 7.35.